The molecule has 1 aromatic carbocycles. The lowest BCUT2D eigenvalue weighted by atomic mass is 9.81. The van der Waals surface area contributed by atoms with Crippen LogP contribution < -0.4 is 0 Å². The minimum atomic E-state index is -0.816. The van der Waals surface area contributed by atoms with Crippen LogP contribution in [0, 0.1) is 19.8 Å². The van der Waals surface area contributed by atoms with Crippen molar-refractivity contribution in [2.24, 2.45) is 5.92 Å². The van der Waals surface area contributed by atoms with Gasteiger partial charge in [0.2, 0.25) is 5.91 Å². The molecular formula is C16H21NO3. The Bertz CT molecular complexity index is 516. The van der Waals surface area contributed by atoms with E-state index in [2.05, 4.69) is 0 Å². The second-order valence-corrected chi connectivity index (χ2v) is 5.41. The summed E-state index contributed by atoms with van der Waals surface area (Å²) >= 11 is 0. The van der Waals surface area contributed by atoms with Gasteiger partial charge in [-0.3, -0.25) is 9.59 Å². The van der Waals surface area contributed by atoms with E-state index in [-0.39, 0.29) is 11.9 Å². The zero-order valence-electron chi connectivity index (χ0n) is 12.2. The van der Waals surface area contributed by atoms with Crippen LogP contribution in [-0.2, 0) is 9.59 Å². The number of aliphatic carboxylic acids is 1. The van der Waals surface area contributed by atoms with Crippen molar-refractivity contribution in [2.75, 3.05) is 6.54 Å². The van der Waals surface area contributed by atoms with Gasteiger partial charge in [0.15, 0.2) is 0 Å². The number of nitrogens with zero attached hydrogens (tertiary/aromatic N) is 1. The third-order valence-corrected chi connectivity index (χ3v) is 4.20. The average Bonchev–Trinajstić information content (AvgIpc) is 2.38. The Labute approximate surface area is 119 Å². The summed E-state index contributed by atoms with van der Waals surface area (Å²) < 4.78 is 0. The second-order valence-electron chi connectivity index (χ2n) is 5.41. The molecule has 20 heavy (non-hydrogen) atoms. The number of carboxylic acid groups (broad SMARTS) is 1. The topological polar surface area (TPSA) is 57.6 Å². The first-order valence-corrected chi connectivity index (χ1v) is 7.05. The van der Waals surface area contributed by atoms with E-state index >= 15 is 0 Å². The molecule has 1 amide bonds. The van der Waals surface area contributed by atoms with Gasteiger partial charge in [0.1, 0.15) is 0 Å². The molecule has 4 heteroatoms. The Kier molecular flexibility index (Phi) is 4.12. The van der Waals surface area contributed by atoms with Crippen LogP contribution in [0.15, 0.2) is 18.2 Å². The van der Waals surface area contributed by atoms with E-state index in [4.69, 9.17) is 0 Å². The number of benzene rings is 1. The molecule has 1 aliphatic rings. The maximum absolute atomic E-state index is 12.1. The van der Waals surface area contributed by atoms with E-state index in [9.17, 15) is 14.7 Å². The summed E-state index contributed by atoms with van der Waals surface area (Å²) in [5, 5.41) is 9.51. The van der Waals surface area contributed by atoms with E-state index in [1.165, 1.54) is 0 Å². The number of amides is 1. The van der Waals surface area contributed by atoms with Crippen molar-refractivity contribution in [3.8, 4) is 0 Å². The molecule has 108 valence electrons. The number of hydrogen-bond acceptors (Lipinski definition) is 2. The molecule has 1 heterocycles. The van der Waals surface area contributed by atoms with Gasteiger partial charge in [0.25, 0.3) is 0 Å². The van der Waals surface area contributed by atoms with Crippen LogP contribution in [0.3, 0.4) is 0 Å². The molecule has 1 aliphatic heterocycles. The molecular weight excluding hydrogens is 254 g/mol. The van der Waals surface area contributed by atoms with Gasteiger partial charge < -0.3 is 10.0 Å². The van der Waals surface area contributed by atoms with E-state index < -0.39 is 11.9 Å². The average molecular weight is 275 g/mol. The standard InChI is InChI=1S/C16H21NO3/c1-4-17-13(18)9-8-12(16(19)20)15(17)14-10(2)6-5-7-11(14)3/h5-7,12,15H,4,8-9H2,1-3H3,(H,19,20). The first-order valence-electron chi connectivity index (χ1n) is 7.05. The molecule has 2 atom stereocenters. The van der Waals surface area contributed by atoms with Gasteiger partial charge in [-0.05, 0) is 43.9 Å². The molecule has 1 N–H and O–H groups in total. The predicted molar refractivity (Wildman–Crippen MR) is 76.4 cm³/mol. The lowest BCUT2D eigenvalue weighted by molar-refractivity contribution is -0.151. The summed E-state index contributed by atoms with van der Waals surface area (Å²) in [5.74, 6) is -1.28. The second kappa shape index (κ2) is 5.65. The maximum Gasteiger partial charge on any atom is 0.308 e. The van der Waals surface area contributed by atoms with Crippen molar-refractivity contribution >= 4 is 11.9 Å². The van der Waals surface area contributed by atoms with Crippen molar-refractivity contribution < 1.29 is 14.7 Å². The van der Waals surface area contributed by atoms with Crippen LogP contribution >= 0.6 is 0 Å². The number of aryl methyl sites for hydroxylation is 2. The lowest BCUT2D eigenvalue weighted by Gasteiger charge is -2.40. The van der Waals surface area contributed by atoms with Crippen molar-refractivity contribution in [1.29, 1.82) is 0 Å². The number of carboxylic acids is 1. The van der Waals surface area contributed by atoms with Gasteiger partial charge in [0, 0.05) is 13.0 Å². The molecule has 4 nitrogen and oxygen atoms in total. The summed E-state index contributed by atoms with van der Waals surface area (Å²) in [7, 11) is 0. The Morgan fingerprint density at radius 2 is 1.95 bits per heavy atom. The zero-order chi connectivity index (χ0) is 14.9. The molecule has 2 unspecified atom stereocenters. The molecule has 1 fully saturated rings. The SMILES string of the molecule is CCN1C(=O)CCC(C(=O)O)C1c1c(C)cccc1C. The number of carbonyl (C=O) groups excluding carboxylic acids is 1. The summed E-state index contributed by atoms with van der Waals surface area (Å²) in [4.78, 5) is 25.4. The largest absolute Gasteiger partial charge is 0.481 e. The molecule has 2 rings (SSSR count). The quantitative estimate of drug-likeness (QED) is 0.922. The Hall–Kier alpha value is -1.84. The summed E-state index contributed by atoms with van der Waals surface area (Å²) in [6.07, 6.45) is 0.745. The number of likely N-dealkylation sites (tertiary alicyclic amines) is 1. The van der Waals surface area contributed by atoms with Gasteiger partial charge in [0.05, 0.1) is 12.0 Å². The van der Waals surface area contributed by atoms with E-state index in [1.807, 2.05) is 39.0 Å². The molecule has 1 saturated heterocycles. The minimum Gasteiger partial charge on any atom is -0.481 e. The highest BCUT2D eigenvalue weighted by molar-refractivity contribution is 5.82. The van der Waals surface area contributed by atoms with Crippen molar-refractivity contribution in [2.45, 2.75) is 39.7 Å². The van der Waals surface area contributed by atoms with Crippen LogP contribution in [0.5, 0.6) is 0 Å². The van der Waals surface area contributed by atoms with Crippen LogP contribution in [-0.4, -0.2) is 28.4 Å². The summed E-state index contributed by atoms with van der Waals surface area (Å²) in [6.45, 7) is 6.41. The van der Waals surface area contributed by atoms with Crippen molar-refractivity contribution in [3.05, 3.63) is 34.9 Å². The Balaban J connectivity index is 2.56. The smallest absolute Gasteiger partial charge is 0.308 e. The normalized spacial score (nSPS) is 22.9. The Morgan fingerprint density at radius 1 is 1.35 bits per heavy atom. The molecule has 1 aromatic rings. The third kappa shape index (κ3) is 2.42. The number of carbonyl (C=O) groups is 2. The molecule has 0 bridgehead atoms. The summed E-state index contributed by atoms with van der Waals surface area (Å²) in [5.41, 5.74) is 3.10. The first-order chi connectivity index (χ1) is 9.47. The van der Waals surface area contributed by atoms with Crippen LogP contribution in [0.25, 0.3) is 0 Å². The van der Waals surface area contributed by atoms with Gasteiger partial charge in [-0.15, -0.1) is 0 Å². The fourth-order valence-electron chi connectivity index (χ4n) is 3.24. The first kappa shape index (κ1) is 14.6. The van der Waals surface area contributed by atoms with E-state index in [1.54, 1.807) is 4.90 Å². The number of hydrogen-bond donors (Lipinski definition) is 1. The lowest BCUT2D eigenvalue weighted by Crippen LogP contribution is -2.45. The maximum atomic E-state index is 12.1. The minimum absolute atomic E-state index is 0.0534. The van der Waals surface area contributed by atoms with E-state index in [0.29, 0.717) is 19.4 Å². The Morgan fingerprint density at radius 3 is 2.45 bits per heavy atom. The highest BCUT2D eigenvalue weighted by atomic mass is 16.4. The van der Waals surface area contributed by atoms with Gasteiger partial charge >= 0.3 is 5.97 Å². The van der Waals surface area contributed by atoms with Crippen molar-refractivity contribution in [3.63, 3.8) is 0 Å². The molecule has 0 spiro atoms. The van der Waals surface area contributed by atoms with E-state index in [0.717, 1.165) is 16.7 Å². The zero-order valence-corrected chi connectivity index (χ0v) is 12.2. The predicted octanol–water partition coefficient (Wildman–Crippen LogP) is 2.69. The van der Waals surface area contributed by atoms with Gasteiger partial charge in [-0.25, -0.2) is 0 Å². The summed E-state index contributed by atoms with van der Waals surface area (Å²) in [6, 6.07) is 5.58. The van der Waals surface area contributed by atoms with Crippen LogP contribution in [0.2, 0.25) is 0 Å². The highest BCUT2D eigenvalue weighted by Crippen LogP contribution is 2.39. The molecule has 0 radical (unpaired) electrons. The fraction of sp³-hybridized carbons (Fsp3) is 0.500. The van der Waals surface area contributed by atoms with Crippen LogP contribution in [0.4, 0.5) is 0 Å². The van der Waals surface area contributed by atoms with Crippen molar-refractivity contribution in [1.82, 2.24) is 4.90 Å². The molecule has 0 aromatic heterocycles. The van der Waals surface area contributed by atoms with Crippen LogP contribution in [0.1, 0.15) is 42.5 Å². The molecule has 0 aliphatic carbocycles. The fourth-order valence-corrected chi connectivity index (χ4v) is 3.24. The third-order valence-electron chi connectivity index (χ3n) is 4.20. The number of rotatable bonds is 3. The monoisotopic (exact) mass is 275 g/mol. The van der Waals surface area contributed by atoms with Gasteiger partial charge in [-0.1, -0.05) is 18.2 Å². The van der Waals surface area contributed by atoms with Gasteiger partial charge in [-0.2, -0.15) is 0 Å². The highest BCUT2D eigenvalue weighted by Gasteiger charge is 2.41. The molecule has 0 saturated carbocycles. The number of piperidine rings is 1.